The lowest BCUT2D eigenvalue weighted by atomic mass is 10.1. The molecule has 2 aromatic carbocycles. The van der Waals surface area contributed by atoms with Crippen molar-refractivity contribution < 1.29 is 17.9 Å². The van der Waals surface area contributed by atoms with Crippen LogP contribution >= 0.6 is 0 Å². The number of piperazine rings is 1. The topological polar surface area (TPSA) is 71.9 Å². The predicted molar refractivity (Wildman–Crippen MR) is 111 cm³/mol. The molecular weight excluding hydrogens is 390 g/mol. The van der Waals surface area contributed by atoms with Crippen LogP contribution in [0.25, 0.3) is 10.9 Å². The first-order valence-corrected chi connectivity index (χ1v) is 10.8. The van der Waals surface area contributed by atoms with Gasteiger partial charge in [0.1, 0.15) is 5.75 Å². The molecule has 3 aromatic rings. The van der Waals surface area contributed by atoms with Crippen molar-refractivity contribution in [3.8, 4) is 5.75 Å². The minimum Gasteiger partial charge on any atom is -0.497 e. The number of hydrogen-bond acceptors (Lipinski definition) is 4. The van der Waals surface area contributed by atoms with E-state index in [1.165, 1.54) is 11.4 Å². The zero-order valence-corrected chi connectivity index (χ0v) is 17.2. The van der Waals surface area contributed by atoms with Crippen molar-refractivity contribution in [1.82, 2.24) is 13.8 Å². The average molecular weight is 413 g/mol. The van der Waals surface area contributed by atoms with Gasteiger partial charge in [0.2, 0.25) is 10.0 Å². The first-order valence-electron chi connectivity index (χ1n) is 9.39. The SMILES string of the molecule is COc1ccc(S(=O)(=O)N2CCN(C(=O)c3ccc4c(ccn4C)c3)CC2)cc1. The molecule has 0 bridgehead atoms. The number of nitrogens with zero attached hydrogens (tertiary/aromatic N) is 3. The number of sulfonamides is 1. The van der Waals surface area contributed by atoms with Gasteiger partial charge in [0.15, 0.2) is 0 Å². The van der Waals surface area contributed by atoms with Gasteiger partial charge in [-0.25, -0.2) is 8.42 Å². The summed E-state index contributed by atoms with van der Waals surface area (Å²) in [5, 5.41) is 1.01. The highest BCUT2D eigenvalue weighted by atomic mass is 32.2. The molecule has 1 fully saturated rings. The third-order valence-corrected chi connectivity index (χ3v) is 7.27. The Bertz CT molecular complexity index is 1140. The van der Waals surface area contributed by atoms with Crippen LogP contribution in [0.3, 0.4) is 0 Å². The molecule has 152 valence electrons. The van der Waals surface area contributed by atoms with Gasteiger partial charge in [-0.15, -0.1) is 0 Å². The van der Waals surface area contributed by atoms with Crippen molar-refractivity contribution in [2.45, 2.75) is 4.90 Å². The van der Waals surface area contributed by atoms with Crippen molar-refractivity contribution in [3.63, 3.8) is 0 Å². The number of methoxy groups -OCH3 is 1. The average Bonchev–Trinajstić information content (AvgIpc) is 3.13. The summed E-state index contributed by atoms with van der Waals surface area (Å²) < 4.78 is 34.2. The van der Waals surface area contributed by atoms with Crippen molar-refractivity contribution in [2.24, 2.45) is 7.05 Å². The molecule has 0 atom stereocenters. The summed E-state index contributed by atoms with van der Waals surface area (Å²) in [5.74, 6) is 0.534. The minimum absolute atomic E-state index is 0.0720. The van der Waals surface area contributed by atoms with E-state index in [9.17, 15) is 13.2 Å². The second-order valence-corrected chi connectivity index (χ2v) is 9.01. The van der Waals surface area contributed by atoms with Crippen molar-refractivity contribution >= 4 is 26.8 Å². The highest BCUT2D eigenvalue weighted by Crippen LogP contribution is 2.22. The summed E-state index contributed by atoms with van der Waals surface area (Å²) in [6.07, 6.45) is 1.96. The molecule has 0 spiro atoms. The molecule has 4 rings (SSSR count). The summed E-state index contributed by atoms with van der Waals surface area (Å²) in [4.78, 5) is 14.8. The fourth-order valence-corrected chi connectivity index (χ4v) is 5.05. The smallest absolute Gasteiger partial charge is 0.253 e. The molecule has 29 heavy (non-hydrogen) atoms. The Kier molecular flexibility index (Phi) is 5.06. The normalized spacial score (nSPS) is 15.6. The van der Waals surface area contributed by atoms with Gasteiger partial charge < -0.3 is 14.2 Å². The van der Waals surface area contributed by atoms with E-state index in [-0.39, 0.29) is 23.9 Å². The minimum atomic E-state index is -3.59. The number of rotatable bonds is 4. The van der Waals surface area contributed by atoms with Crippen molar-refractivity contribution in [1.29, 1.82) is 0 Å². The Morgan fingerprint density at radius 1 is 0.966 bits per heavy atom. The number of hydrogen-bond donors (Lipinski definition) is 0. The number of benzene rings is 2. The van der Waals surface area contributed by atoms with Crippen molar-refractivity contribution in [2.75, 3.05) is 33.3 Å². The fourth-order valence-electron chi connectivity index (χ4n) is 3.63. The summed E-state index contributed by atoms with van der Waals surface area (Å²) in [6.45, 7) is 1.27. The molecular formula is C21H23N3O4S. The largest absolute Gasteiger partial charge is 0.497 e. The van der Waals surface area contributed by atoms with E-state index in [1.54, 1.807) is 29.2 Å². The van der Waals surface area contributed by atoms with Gasteiger partial charge in [0.05, 0.1) is 12.0 Å². The molecule has 0 N–H and O–H groups in total. The molecule has 2 heterocycles. The number of aromatic nitrogens is 1. The third kappa shape index (κ3) is 3.61. The molecule has 0 unspecified atom stereocenters. The fraction of sp³-hybridized carbons (Fsp3) is 0.286. The van der Waals surface area contributed by atoms with Crippen molar-refractivity contribution in [3.05, 3.63) is 60.3 Å². The summed E-state index contributed by atoms with van der Waals surface area (Å²) in [5.41, 5.74) is 1.69. The zero-order chi connectivity index (χ0) is 20.6. The van der Waals surface area contributed by atoms with Crippen LogP contribution in [0.1, 0.15) is 10.4 Å². The Labute approximate surface area is 170 Å². The number of carbonyl (C=O) groups excluding carboxylic acids is 1. The quantitative estimate of drug-likeness (QED) is 0.658. The van der Waals surface area contributed by atoms with Crippen LogP contribution in [-0.2, 0) is 17.1 Å². The number of aryl methyl sites for hydroxylation is 1. The number of carbonyl (C=O) groups is 1. The highest BCUT2D eigenvalue weighted by molar-refractivity contribution is 7.89. The van der Waals surface area contributed by atoms with E-state index in [2.05, 4.69) is 0 Å². The Morgan fingerprint density at radius 3 is 2.31 bits per heavy atom. The summed E-state index contributed by atoms with van der Waals surface area (Å²) >= 11 is 0. The Hall–Kier alpha value is -2.84. The van der Waals surface area contributed by atoms with E-state index in [4.69, 9.17) is 4.74 Å². The van der Waals surface area contributed by atoms with E-state index in [0.717, 1.165) is 10.9 Å². The molecule has 1 amide bonds. The van der Waals surface area contributed by atoms with Gasteiger partial charge in [-0.3, -0.25) is 4.79 Å². The first kappa shape index (κ1) is 19.5. The second kappa shape index (κ2) is 7.53. The van der Waals surface area contributed by atoms with Gasteiger partial charge >= 0.3 is 0 Å². The van der Waals surface area contributed by atoms with Crippen LogP contribution in [0.15, 0.2) is 59.6 Å². The number of ether oxygens (including phenoxy) is 1. The maximum absolute atomic E-state index is 12.9. The van der Waals surface area contributed by atoms with Crippen LogP contribution in [0, 0.1) is 0 Å². The Morgan fingerprint density at radius 2 is 1.66 bits per heavy atom. The molecule has 8 heteroatoms. The van der Waals surface area contributed by atoms with Gasteiger partial charge in [-0.05, 0) is 48.5 Å². The number of amides is 1. The maximum Gasteiger partial charge on any atom is 0.253 e. The molecule has 7 nitrogen and oxygen atoms in total. The highest BCUT2D eigenvalue weighted by Gasteiger charge is 2.30. The lowest BCUT2D eigenvalue weighted by molar-refractivity contribution is 0.0698. The van der Waals surface area contributed by atoms with Gasteiger partial charge in [0, 0.05) is 55.9 Å². The maximum atomic E-state index is 12.9. The van der Waals surface area contributed by atoms with Crippen LogP contribution in [0.4, 0.5) is 0 Å². The monoisotopic (exact) mass is 413 g/mol. The van der Waals surface area contributed by atoms with Crippen LogP contribution < -0.4 is 4.74 Å². The molecule has 0 saturated carbocycles. The number of fused-ring (bicyclic) bond motifs is 1. The van der Waals surface area contributed by atoms with E-state index in [0.29, 0.717) is 24.4 Å². The zero-order valence-electron chi connectivity index (χ0n) is 16.4. The Balaban J connectivity index is 1.45. The lowest BCUT2D eigenvalue weighted by Crippen LogP contribution is -2.50. The first-order chi connectivity index (χ1) is 13.9. The van der Waals surface area contributed by atoms with E-state index >= 15 is 0 Å². The molecule has 1 aromatic heterocycles. The van der Waals surface area contributed by atoms with Crippen LogP contribution in [0.5, 0.6) is 5.75 Å². The summed E-state index contributed by atoms with van der Waals surface area (Å²) in [7, 11) is -0.0882. The molecule has 1 aliphatic rings. The summed E-state index contributed by atoms with van der Waals surface area (Å²) in [6, 6.07) is 14.0. The predicted octanol–water partition coefficient (Wildman–Crippen LogP) is 2.33. The van der Waals surface area contributed by atoms with Gasteiger partial charge in [-0.1, -0.05) is 0 Å². The second-order valence-electron chi connectivity index (χ2n) is 7.07. The van der Waals surface area contributed by atoms with E-state index in [1.807, 2.05) is 42.1 Å². The van der Waals surface area contributed by atoms with Crippen LogP contribution in [-0.4, -0.2) is 61.4 Å². The standard InChI is InChI=1S/C21H23N3O4S/c1-22-10-9-16-15-17(3-8-20(16)22)21(25)23-11-13-24(14-12-23)29(26,27)19-6-4-18(28-2)5-7-19/h3-10,15H,11-14H2,1-2H3. The molecule has 1 aliphatic heterocycles. The lowest BCUT2D eigenvalue weighted by Gasteiger charge is -2.34. The van der Waals surface area contributed by atoms with Gasteiger partial charge in [0.25, 0.3) is 5.91 Å². The van der Waals surface area contributed by atoms with Gasteiger partial charge in [-0.2, -0.15) is 4.31 Å². The third-order valence-electron chi connectivity index (χ3n) is 5.36. The molecule has 1 saturated heterocycles. The van der Waals surface area contributed by atoms with E-state index < -0.39 is 10.0 Å². The molecule has 0 radical (unpaired) electrons. The molecule has 0 aliphatic carbocycles. The van der Waals surface area contributed by atoms with Crippen LogP contribution in [0.2, 0.25) is 0 Å².